The van der Waals surface area contributed by atoms with Gasteiger partial charge in [0.15, 0.2) is 0 Å². The molecule has 1 amide bonds. The van der Waals surface area contributed by atoms with Crippen molar-refractivity contribution in [2.75, 3.05) is 11.8 Å². The van der Waals surface area contributed by atoms with Crippen LogP contribution in [0.25, 0.3) is 0 Å². The molecule has 0 aliphatic carbocycles. The monoisotopic (exact) mass is 390 g/mol. The third-order valence-electron chi connectivity index (χ3n) is 3.45. The molecule has 0 fully saturated rings. The molecule has 144 valence electrons. The highest BCUT2D eigenvalue weighted by Crippen LogP contribution is 2.18. The van der Waals surface area contributed by atoms with E-state index in [0.29, 0.717) is 5.56 Å². The topological polar surface area (TPSA) is 102 Å². The predicted octanol–water partition coefficient (Wildman–Crippen LogP) is 2.80. The summed E-state index contributed by atoms with van der Waals surface area (Å²) in [5.41, 5.74) is 0.397. The second-order valence-electron chi connectivity index (χ2n) is 6.91. The number of amides is 1. The van der Waals surface area contributed by atoms with Crippen molar-refractivity contribution in [2.45, 2.75) is 31.2 Å². The molecule has 0 aliphatic heterocycles. The van der Waals surface area contributed by atoms with E-state index in [1.54, 1.807) is 6.07 Å². The summed E-state index contributed by atoms with van der Waals surface area (Å²) in [6.07, 6.45) is 0. The van der Waals surface area contributed by atoms with Gasteiger partial charge in [0.2, 0.25) is 0 Å². The lowest BCUT2D eigenvalue weighted by atomic mass is 10.1. The lowest BCUT2D eigenvalue weighted by molar-refractivity contribution is 0.0600. The fourth-order valence-electron chi connectivity index (χ4n) is 2.22. The van der Waals surface area contributed by atoms with E-state index in [1.165, 1.54) is 49.6 Å². The first-order valence-electron chi connectivity index (χ1n) is 8.15. The Labute approximate surface area is 158 Å². The number of carbonyl (C=O) groups excluding carboxylic acids is 2. The number of rotatable bonds is 5. The molecule has 0 heterocycles. The smallest absolute Gasteiger partial charge is 0.337 e. The van der Waals surface area contributed by atoms with Gasteiger partial charge in [-0.25, -0.2) is 13.2 Å². The van der Waals surface area contributed by atoms with Gasteiger partial charge in [-0.15, -0.1) is 0 Å². The molecule has 0 unspecified atom stereocenters. The van der Waals surface area contributed by atoms with Gasteiger partial charge in [0.05, 0.1) is 17.6 Å². The lowest BCUT2D eigenvalue weighted by Crippen LogP contribution is -2.40. The van der Waals surface area contributed by atoms with Gasteiger partial charge in [-0.2, -0.15) is 0 Å². The number of nitrogens with one attached hydrogen (secondary N) is 2. The van der Waals surface area contributed by atoms with Crippen LogP contribution >= 0.6 is 0 Å². The first-order chi connectivity index (χ1) is 12.5. The van der Waals surface area contributed by atoms with Gasteiger partial charge in [0.1, 0.15) is 0 Å². The van der Waals surface area contributed by atoms with Crippen LogP contribution in [0.2, 0.25) is 0 Å². The third-order valence-corrected chi connectivity index (χ3v) is 4.83. The molecule has 0 bridgehead atoms. The summed E-state index contributed by atoms with van der Waals surface area (Å²) in [6, 6.07) is 11.6. The minimum atomic E-state index is -3.90. The number of esters is 1. The number of hydrogen-bond donors (Lipinski definition) is 2. The Hall–Kier alpha value is -2.87. The fourth-order valence-corrected chi connectivity index (χ4v) is 3.33. The minimum absolute atomic E-state index is 0.0406. The van der Waals surface area contributed by atoms with Crippen molar-refractivity contribution in [2.24, 2.45) is 0 Å². The Morgan fingerprint density at radius 2 is 1.59 bits per heavy atom. The van der Waals surface area contributed by atoms with Crippen LogP contribution < -0.4 is 10.0 Å². The van der Waals surface area contributed by atoms with Gasteiger partial charge in [-0.05, 0) is 63.2 Å². The van der Waals surface area contributed by atoms with Crippen LogP contribution in [0.4, 0.5) is 5.69 Å². The maximum atomic E-state index is 12.6. The minimum Gasteiger partial charge on any atom is -0.465 e. The zero-order chi connectivity index (χ0) is 20.2. The van der Waals surface area contributed by atoms with E-state index < -0.39 is 21.5 Å². The SMILES string of the molecule is COC(=O)c1ccc(NS(=O)(=O)c2cccc(C(=O)NC(C)(C)C)c2)cc1. The highest BCUT2D eigenvalue weighted by atomic mass is 32.2. The standard InChI is InChI=1S/C19H22N2O5S/c1-19(2,3)20-17(22)14-6-5-7-16(12-14)27(24,25)21-15-10-8-13(9-11-15)18(23)26-4/h5-12,21H,1-4H3,(H,20,22). The number of ether oxygens (including phenoxy) is 1. The van der Waals surface area contributed by atoms with Crippen molar-refractivity contribution in [3.05, 3.63) is 59.7 Å². The van der Waals surface area contributed by atoms with Gasteiger partial charge in [-0.3, -0.25) is 9.52 Å². The van der Waals surface area contributed by atoms with Crippen LogP contribution in [-0.2, 0) is 14.8 Å². The first kappa shape index (κ1) is 20.4. The van der Waals surface area contributed by atoms with Crippen molar-refractivity contribution < 1.29 is 22.7 Å². The summed E-state index contributed by atoms with van der Waals surface area (Å²) < 4.78 is 32.2. The summed E-state index contributed by atoms with van der Waals surface area (Å²) in [6.45, 7) is 5.51. The third kappa shape index (κ3) is 5.55. The van der Waals surface area contributed by atoms with Crippen LogP contribution in [0.15, 0.2) is 53.4 Å². The maximum Gasteiger partial charge on any atom is 0.337 e. The molecule has 0 spiro atoms. The quantitative estimate of drug-likeness (QED) is 0.765. The summed E-state index contributed by atoms with van der Waals surface area (Å²) in [5, 5.41) is 2.79. The Balaban J connectivity index is 2.23. The van der Waals surface area contributed by atoms with E-state index in [-0.39, 0.29) is 22.1 Å². The summed E-state index contributed by atoms with van der Waals surface area (Å²) in [5.74, 6) is -0.871. The van der Waals surface area contributed by atoms with Crippen molar-refractivity contribution in [3.63, 3.8) is 0 Å². The van der Waals surface area contributed by atoms with Crippen LogP contribution in [0.5, 0.6) is 0 Å². The second-order valence-corrected chi connectivity index (χ2v) is 8.59. The van der Waals surface area contributed by atoms with Crippen molar-refractivity contribution in [3.8, 4) is 0 Å². The fraction of sp³-hybridized carbons (Fsp3) is 0.263. The van der Waals surface area contributed by atoms with Crippen LogP contribution in [0.1, 0.15) is 41.5 Å². The van der Waals surface area contributed by atoms with E-state index in [9.17, 15) is 18.0 Å². The highest BCUT2D eigenvalue weighted by molar-refractivity contribution is 7.92. The molecule has 0 saturated carbocycles. The molecule has 0 aliphatic rings. The summed E-state index contributed by atoms with van der Waals surface area (Å²) in [4.78, 5) is 23.6. The van der Waals surface area contributed by atoms with Crippen LogP contribution in [0.3, 0.4) is 0 Å². The molecule has 27 heavy (non-hydrogen) atoms. The Kier molecular flexibility index (Phi) is 5.90. The molecule has 2 N–H and O–H groups in total. The molecule has 0 radical (unpaired) electrons. The van der Waals surface area contributed by atoms with Gasteiger partial charge >= 0.3 is 5.97 Å². The Morgan fingerprint density at radius 1 is 0.963 bits per heavy atom. The molecular formula is C19H22N2O5S. The zero-order valence-electron chi connectivity index (χ0n) is 15.6. The number of hydrogen-bond acceptors (Lipinski definition) is 5. The first-order valence-corrected chi connectivity index (χ1v) is 9.64. The molecule has 2 rings (SSSR count). The molecule has 8 heteroatoms. The highest BCUT2D eigenvalue weighted by Gasteiger charge is 2.19. The van der Waals surface area contributed by atoms with Gasteiger partial charge in [0, 0.05) is 16.8 Å². The number of methoxy groups -OCH3 is 1. The summed E-state index contributed by atoms with van der Waals surface area (Å²) >= 11 is 0. The molecule has 0 aromatic heterocycles. The largest absolute Gasteiger partial charge is 0.465 e. The van der Waals surface area contributed by atoms with Crippen molar-refractivity contribution in [1.82, 2.24) is 5.32 Å². The summed E-state index contributed by atoms with van der Waals surface area (Å²) in [7, 11) is -2.63. The molecule has 7 nitrogen and oxygen atoms in total. The predicted molar refractivity (Wildman–Crippen MR) is 102 cm³/mol. The molecule has 2 aromatic rings. The van der Waals surface area contributed by atoms with Crippen molar-refractivity contribution in [1.29, 1.82) is 0 Å². The molecule has 2 aromatic carbocycles. The van der Waals surface area contributed by atoms with Crippen molar-refractivity contribution >= 4 is 27.6 Å². The van der Waals surface area contributed by atoms with E-state index in [0.717, 1.165) is 0 Å². The number of anilines is 1. The van der Waals surface area contributed by atoms with E-state index in [4.69, 9.17) is 0 Å². The number of sulfonamides is 1. The molecule has 0 saturated heterocycles. The van der Waals surface area contributed by atoms with E-state index in [2.05, 4.69) is 14.8 Å². The number of benzene rings is 2. The van der Waals surface area contributed by atoms with E-state index in [1.807, 2.05) is 20.8 Å². The lowest BCUT2D eigenvalue weighted by Gasteiger charge is -2.20. The van der Waals surface area contributed by atoms with Crippen LogP contribution in [-0.4, -0.2) is 32.9 Å². The maximum absolute atomic E-state index is 12.6. The molecule has 0 atom stereocenters. The van der Waals surface area contributed by atoms with Gasteiger partial charge in [-0.1, -0.05) is 6.07 Å². The Morgan fingerprint density at radius 3 is 2.15 bits per heavy atom. The van der Waals surface area contributed by atoms with Gasteiger partial charge < -0.3 is 10.1 Å². The Bertz CT molecular complexity index is 945. The van der Waals surface area contributed by atoms with Crippen LogP contribution in [0, 0.1) is 0 Å². The normalized spacial score (nSPS) is 11.6. The van der Waals surface area contributed by atoms with E-state index >= 15 is 0 Å². The van der Waals surface area contributed by atoms with Gasteiger partial charge in [0.25, 0.3) is 15.9 Å². The number of carbonyl (C=O) groups is 2. The second kappa shape index (κ2) is 7.79. The average molecular weight is 390 g/mol. The average Bonchev–Trinajstić information content (AvgIpc) is 2.60. The molecular weight excluding hydrogens is 368 g/mol. The zero-order valence-corrected chi connectivity index (χ0v) is 16.4.